The highest BCUT2D eigenvalue weighted by Crippen LogP contribution is 1.26. The molecule has 0 saturated carbocycles. The summed E-state index contributed by atoms with van der Waals surface area (Å²) in [5.74, 6) is 0. The molecule has 0 aromatic carbocycles. The second-order valence-electron chi connectivity index (χ2n) is 0. The molecule has 0 fully saturated rings. The number of hydrogen-bond acceptors (Lipinski definition) is 1. The van der Waals surface area contributed by atoms with Crippen LogP contribution in [0.15, 0.2) is 0 Å². The van der Waals surface area contributed by atoms with Crippen LogP contribution in [0.3, 0.4) is 0 Å². The topological polar surface area (TPSA) is 0 Å². The molecule has 0 nitrogen and oxygen atoms in total. The Morgan fingerprint density at radius 3 is 1.00 bits per heavy atom. The summed E-state index contributed by atoms with van der Waals surface area (Å²) in [6.07, 6.45) is 0. The first-order valence-corrected chi connectivity index (χ1v) is 2.60. The highest BCUT2D eigenvalue weighted by molar-refractivity contribution is 7.88. The highest BCUT2D eigenvalue weighted by atomic mass is 35.5. The molecular formula is H5Cl2PS. The third-order valence-corrected chi connectivity index (χ3v) is 0. The summed E-state index contributed by atoms with van der Waals surface area (Å²) in [6, 6.07) is 0. The molecule has 1 atom stereocenters. The minimum atomic E-state index is 0. The Kier molecular flexibility index (Phi) is 137. The van der Waals surface area contributed by atoms with Crippen LogP contribution in [0.5, 0.6) is 0 Å². The van der Waals surface area contributed by atoms with Gasteiger partial charge in [0.15, 0.2) is 0 Å². The van der Waals surface area contributed by atoms with Gasteiger partial charge in [-0.2, -0.15) is 0 Å². The standard InChI is InChI=1S/2ClH.H3PS/c;;1-2/h2*1H;1H3. The second kappa shape index (κ2) is 29.2. The molecule has 0 heterocycles. The van der Waals surface area contributed by atoms with Gasteiger partial charge in [-0.05, 0) is 0 Å². The highest BCUT2D eigenvalue weighted by Gasteiger charge is 0.613. The van der Waals surface area contributed by atoms with E-state index in [9.17, 15) is 0 Å². The molecule has 30 valence electrons. The molecule has 0 aromatic rings. The molecule has 1 unspecified atom stereocenters. The summed E-state index contributed by atoms with van der Waals surface area (Å²) >= 11 is 4.11. The van der Waals surface area contributed by atoms with Gasteiger partial charge in [0.2, 0.25) is 0 Å². The van der Waals surface area contributed by atoms with Crippen molar-refractivity contribution in [1.82, 2.24) is 0 Å². The molecule has 4 heteroatoms. The zero-order valence-corrected chi connectivity index (χ0v) is 5.80. The van der Waals surface area contributed by atoms with Crippen LogP contribution in [-0.2, 0) is 11.8 Å². The molecule has 0 bridgehead atoms. The van der Waals surface area contributed by atoms with E-state index in [1.54, 1.807) is 0 Å². The van der Waals surface area contributed by atoms with E-state index in [-0.39, 0.29) is 24.8 Å². The minimum absolute atomic E-state index is 0. The molecule has 0 aliphatic rings. The zero-order valence-electron chi connectivity index (χ0n) is 1.93. The SMILES string of the molecule is Cl.Cl.[PH3]=S. The fourth-order valence-corrected chi connectivity index (χ4v) is 0. The van der Waals surface area contributed by atoms with E-state index in [0.717, 1.165) is 0 Å². The summed E-state index contributed by atoms with van der Waals surface area (Å²) in [6.45, 7) is 0. The van der Waals surface area contributed by atoms with Gasteiger partial charge in [-0.1, -0.05) is 8.02 Å². The molecule has 0 radical (unpaired) electrons. The quantitative estimate of drug-likeness (QED) is 0.449. The number of rotatable bonds is 0. The van der Waals surface area contributed by atoms with Crippen LogP contribution in [0.25, 0.3) is 0 Å². The minimum Gasteiger partial charge on any atom is -0.147 e. The fourth-order valence-electron chi connectivity index (χ4n) is 0. The van der Waals surface area contributed by atoms with Gasteiger partial charge in [-0.25, -0.2) is 0 Å². The average Bonchev–Trinajstić information content (AvgIpc) is 1.00. The van der Waals surface area contributed by atoms with Gasteiger partial charge in [0.1, 0.15) is 0 Å². The Labute approximate surface area is 45.0 Å². The molecular weight excluding hydrogens is 134 g/mol. The van der Waals surface area contributed by atoms with Gasteiger partial charge in [0.25, 0.3) is 0 Å². The van der Waals surface area contributed by atoms with Crippen LogP contribution in [-0.4, -0.2) is 0 Å². The summed E-state index contributed by atoms with van der Waals surface area (Å²) in [7, 11) is 1.44. The summed E-state index contributed by atoms with van der Waals surface area (Å²) in [4.78, 5) is 0. The maximum Gasteiger partial charge on any atom is -0.0810 e. The van der Waals surface area contributed by atoms with Crippen molar-refractivity contribution in [2.75, 3.05) is 0 Å². The first-order chi connectivity index (χ1) is 1.00. The van der Waals surface area contributed by atoms with Gasteiger partial charge >= 0.3 is 0 Å². The fraction of sp³-hybridized carbons (Fsp3) is 0. The van der Waals surface area contributed by atoms with Gasteiger partial charge in [0.05, 0.1) is 0 Å². The molecule has 0 aliphatic carbocycles. The Bertz CT molecular complexity index is 6.00. The van der Waals surface area contributed by atoms with Crippen LogP contribution in [0.4, 0.5) is 0 Å². The first-order valence-electron chi connectivity index (χ1n) is 0.289. The van der Waals surface area contributed by atoms with E-state index in [1.165, 1.54) is 8.02 Å². The van der Waals surface area contributed by atoms with Crippen molar-refractivity contribution in [1.29, 1.82) is 0 Å². The smallest absolute Gasteiger partial charge is 0.0810 e. The number of hydrogen-bond donors (Lipinski definition) is 0. The van der Waals surface area contributed by atoms with E-state index in [1.807, 2.05) is 0 Å². The Morgan fingerprint density at radius 2 is 1.00 bits per heavy atom. The molecule has 0 saturated heterocycles. The van der Waals surface area contributed by atoms with E-state index in [0.29, 0.717) is 0 Å². The predicted octanol–water partition coefficient (Wildman–Crippen LogP) is 0.899. The van der Waals surface area contributed by atoms with Crippen LogP contribution in [0, 0.1) is 0 Å². The Morgan fingerprint density at radius 1 is 1.00 bits per heavy atom. The van der Waals surface area contributed by atoms with Crippen molar-refractivity contribution in [2.24, 2.45) is 0 Å². The van der Waals surface area contributed by atoms with Crippen molar-refractivity contribution in [3.8, 4) is 0 Å². The van der Waals surface area contributed by atoms with Crippen LogP contribution >= 0.6 is 32.8 Å². The summed E-state index contributed by atoms with van der Waals surface area (Å²) < 4.78 is 0. The largest absolute Gasteiger partial charge is 0.147 e. The average molecular weight is 139 g/mol. The van der Waals surface area contributed by atoms with Crippen LogP contribution in [0.1, 0.15) is 0 Å². The van der Waals surface area contributed by atoms with Crippen molar-refractivity contribution < 1.29 is 0 Å². The molecule has 4 heavy (non-hydrogen) atoms. The van der Waals surface area contributed by atoms with Crippen molar-refractivity contribution in [3.05, 3.63) is 0 Å². The zero-order chi connectivity index (χ0) is 2.00. The normalized spacial score (nSPS) is 2.00. The monoisotopic (exact) mass is 138 g/mol. The van der Waals surface area contributed by atoms with Crippen molar-refractivity contribution >= 4 is 44.6 Å². The maximum atomic E-state index is 4.11. The van der Waals surface area contributed by atoms with E-state index in [2.05, 4.69) is 11.8 Å². The molecule has 0 N–H and O–H groups in total. The third-order valence-electron chi connectivity index (χ3n) is 0. The lowest BCUT2D eigenvalue weighted by Crippen LogP contribution is -0.399. The summed E-state index contributed by atoms with van der Waals surface area (Å²) in [5, 5.41) is 0. The predicted molar refractivity (Wildman–Crippen MR) is 33.0 cm³/mol. The molecule has 0 spiro atoms. The molecule has 0 amide bonds. The Hall–Kier alpha value is 1.23. The van der Waals surface area contributed by atoms with Gasteiger partial charge in [-0.15, -0.1) is 36.6 Å². The summed E-state index contributed by atoms with van der Waals surface area (Å²) in [5.41, 5.74) is 0. The van der Waals surface area contributed by atoms with E-state index < -0.39 is 0 Å². The molecule has 0 aromatic heterocycles. The molecule has 0 rings (SSSR count). The van der Waals surface area contributed by atoms with E-state index in [4.69, 9.17) is 0 Å². The van der Waals surface area contributed by atoms with Gasteiger partial charge in [0, 0.05) is 0 Å². The Balaban J connectivity index is -0.00000000500. The molecule has 0 aliphatic heterocycles. The number of halogens is 2. The lowest BCUT2D eigenvalue weighted by Gasteiger charge is -0.802. The first kappa shape index (κ1) is 18.8. The third kappa shape index (κ3) is 10.6. The van der Waals surface area contributed by atoms with Crippen LogP contribution in [0.2, 0.25) is 0 Å². The van der Waals surface area contributed by atoms with Crippen molar-refractivity contribution in [3.63, 3.8) is 0 Å². The van der Waals surface area contributed by atoms with Crippen LogP contribution < -0.4 is 0 Å². The van der Waals surface area contributed by atoms with Crippen molar-refractivity contribution in [2.45, 2.75) is 0 Å². The maximum absolute atomic E-state index is 4.11. The second-order valence-corrected chi connectivity index (χ2v) is 0. The lowest BCUT2D eigenvalue weighted by atomic mass is 30.6. The van der Waals surface area contributed by atoms with E-state index >= 15 is 0 Å². The van der Waals surface area contributed by atoms with Gasteiger partial charge in [-0.3, -0.25) is 0 Å². The van der Waals surface area contributed by atoms with Gasteiger partial charge < -0.3 is 0 Å². The lowest BCUT2D eigenvalue weighted by molar-refractivity contribution is 5.85.